The third kappa shape index (κ3) is 3.27. The summed E-state index contributed by atoms with van der Waals surface area (Å²) < 4.78 is 0. The largest absolute Gasteiger partial charge is 0.394 e. The second-order valence-electron chi connectivity index (χ2n) is 4.90. The molecule has 1 amide bonds. The lowest BCUT2D eigenvalue weighted by atomic mass is 9.92. The monoisotopic (exact) mass is 210 g/mol. The van der Waals surface area contributed by atoms with Crippen molar-refractivity contribution in [3.63, 3.8) is 0 Å². The molecule has 0 fully saturated rings. The lowest BCUT2D eigenvalue weighted by molar-refractivity contribution is -0.117. The van der Waals surface area contributed by atoms with E-state index in [9.17, 15) is 4.79 Å². The quantitative estimate of drug-likeness (QED) is 0.694. The van der Waals surface area contributed by atoms with Crippen molar-refractivity contribution in [1.82, 2.24) is 10.2 Å². The summed E-state index contributed by atoms with van der Waals surface area (Å²) in [6, 6.07) is 0. The zero-order chi connectivity index (χ0) is 11.6. The first kappa shape index (κ1) is 11.6. The first-order chi connectivity index (χ1) is 6.79. The highest BCUT2D eigenvalue weighted by Gasteiger charge is 2.17. The van der Waals surface area contributed by atoms with Crippen molar-refractivity contribution in [3.8, 4) is 0 Å². The zero-order valence-electron chi connectivity index (χ0n) is 9.64. The molecule has 4 N–H and O–H groups in total. The van der Waals surface area contributed by atoms with Crippen molar-refractivity contribution in [1.29, 1.82) is 0 Å². The van der Waals surface area contributed by atoms with Crippen LogP contribution in [0.15, 0.2) is 0 Å². The van der Waals surface area contributed by atoms with Crippen molar-refractivity contribution in [2.75, 3.05) is 11.1 Å². The Kier molecular flexibility index (Phi) is 3.02. The zero-order valence-corrected chi connectivity index (χ0v) is 9.64. The summed E-state index contributed by atoms with van der Waals surface area (Å²) >= 11 is 0. The van der Waals surface area contributed by atoms with Gasteiger partial charge in [-0.15, -0.1) is 0 Å². The second kappa shape index (κ2) is 3.92. The molecule has 0 aliphatic rings. The number of nitrogens with one attached hydrogen (secondary N) is 2. The highest BCUT2D eigenvalue weighted by atomic mass is 16.1. The van der Waals surface area contributed by atoms with Crippen LogP contribution in [0.4, 0.5) is 11.5 Å². The van der Waals surface area contributed by atoms with Crippen LogP contribution >= 0.6 is 0 Å². The van der Waals surface area contributed by atoms with Crippen molar-refractivity contribution >= 4 is 17.4 Å². The lowest BCUT2D eigenvalue weighted by Gasteiger charge is -2.16. The molecule has 1 aromatic heterocycles. The average molecular weight is 210 g/mol. The molecule has 0 aromatic carbocycles. The number of aryl methyl sites for hydroxylation is 1. The van der Waals surface area contributed by atoms with E-state index in [2.05, 4.69) is 15.5 Å². The topological polar surface area (TPSA) is 83.8 Å². The van der Waals surface area contributed by atoms with Gasteiger partial charge in [0.05, 0.1) is 11.4 Å². The van der Waals surface area contributed by atoms with Gasteiger partial charge in [0.2, 0.25) is 5.91 Å². The third-order valence-electron chi connectivity index (χ3n) is 1.94. The predicted molar refractivity (Wildman–Crippen MR) is 60.4 cm³/mol. The number of nitrogens with zero attached hydrogens (tertiary/aromatic N) is 1. The van der Waals surface area contributed by atoms with Gasteiger partial charge in [0.15, 0.2) is 5.82 Å². The van der Waals surface area contributed by atoms with Crippen LogP contribution in [0, 0.1) is 12.3 Å². The first-order valence-electron chi connectivity index (χ1n) is 4.90. The van der Waals surface area contributed by atoms with Gasteiger partial charge >= 0.3 is 0 Å². The fraction of sp³-hybridized carbons (Fsp3) is 0.600. The third-order valence-corrected chi connectivity index (χ3v) is 1.94. The van der Waals surface area contributed by atoms with E-state index in [0.717, 1.165) is 5.69 Å². The Morgan fingerprint density at radius 1 is 1.53 bits per heavy atom. The predicted octanol–water partition coefficient (Wildman–Crippen LogP) is 1.68. The number of rotatable bonds is 2. The van der Waals surface area contributed by atoms with E-state index in [1.807, 2.05) is 27.7 Å². The van der Waals surface area contributed by atoms with Gasteiger partial charge in [0.25, 0.3) is 0 Å². The molecule has 15 heavy (non-hydrogen) atoms. The van der Waals surface area contributed by atoms with E-state index < -0.39 is 0 Å². The minimum absolute atomic E-state index is 0.0375. The minimum Gasteiger partial charge on any atom is -0.394 e. The molecule has 5 nitrogen and oxygen atoms in total. The van der Waals surface area contributed by atoms with Crippen molar-refractivity contribution in [2.45, 2.75) is 34.1 Å². The molecule has 1 rings (SSSR count). The normalized spacial score (nSPS) is 11.5. The highest BCUT2D eigenvalue weighted by Crippen LogP contribution is 2.22. The summed E-state index contributed by atoms with van der Waals surface area (Å²) in [6.45, 7) is 7.82. The van der Waals surface area contributed by atoms with Crippen LogP contribution < -0.4 is 11.1 Å². The second-order valence-corrected chi connectivity index (χ2v) is 4.90. The standard InChI is InChI=1S/C10H18N4O/c1-6-8(11)9(14-13-6)12-7(15)5-10(2,3)4/h5,11H2,1-4H3,(H2,12,13,14,15). The molecular formula is C10H18N4O. The molecule has 0 radical (unpaired) electrons. The number of carbonyl (C=O) groups excluding carboxylic acids is 1. The number of H-pyrrole nitrogens is 1. The summed E-state index contributed by atoms with van der Waals surface area (Å²) in [5.74, 6) is 0.349. The van der Waals surface area contributed by atoms with Gasteiger partial charge in [-0.3, -0.25) is 9.89 Å². The van der Waals surface area contributed by atoms with Gasteiger partial charge in [-0.05, 0) is 12.3 Å². The van der Waals surface area contributed by atoms with Gasteiger partial charge in [-0.1, -0.05) is 20.8 Å². The number of aromatic nitrogens is 2. The molecule has 0 saturated heterocycles. The maximum atomic E-state index is 11.6. The molecule has 0 saturated carbocycles. The van der Waals surface area contributed by atoms with Crippen LogP contribution in [-0.4, -0.2) is 16.1 Å². The number of nitrogen functional groups attached to an aromatic ring is 1. The number of amides is 1. The Morgan fingerprint density at radius 2 is 2.13 bits per heavy atom. The van der Waals surface area contributed by atoms with Crippen LogP contribution in [0.25, 0.3) is 0 Å². The van der Waals surface area contributed by atoms with E-state index in [1.165, 1.54) is 0 Å². The Morgan fingerprint density at radius 3 is 2.53 bits per heavy atom. The summed E-state index contributed by atoms with van der Waals surface area (Å²) in [7, 11) is 0. The van der Waals surface area contributed by atoms with Crippen LogP contribution in [0.1, 0.15) is 32.9 Å². The van der Waals surface area contributed by atoms with E-state index >= 15 is 0 Å². The Balaban J connectivity index is 2.63. The number of hydrogen-bond acceptors (Lipinski definition) is 3. The van der Waals surface area contributed by atoms with Gasteiger partial charge in [-0.2, -0.15) is 5.10 Å². The molecule has 0 spiro atoms. The maximum Gasteiger partial charge on any atom is 0.226 e. The van der Waals surface area contributed by atoms with Crippen molar-refractivity contribution < 1.29 is 4.79 Å². The number of aromatic amines is 1. The fourth-order valence-corrected chi connectivity index (χ4v) is 1.19. The number of hydrogen-bond donors (Lipinski definition) is 3. The van der Waals surface area contributed by atoms with Crippen LogP contribution in [-0.2, 0) is 4.79 Å². The Bertz CT molecular complexity index is 362. The van der Waals surface area contributed by atoms with E-state index in [-0.39, 0.29) is 11.3 Å². The molecule has 5 heteroatoms. The first-order valence-corrected chi connectivity index (χ1v) is 4.90. The average Bonchev–Trinajstić information content (AvgIpc) is 2.32. The summed E-state index contributed by atoms with van der Waals surface area (Å²) in [5, 5.41) is 9.30. The number of anilines is 2. The maximum absolute atomic E-state index is 11.6. The molecule has 1 aromatic rings. The van der Waals surface area contributed by atoms with Gasteiger partial charge in [0.1, 0.15) is 0 Å². The molecule has 0 aliphatic heterocycles. The van der Waals surface area contributed by atoms with Crippen LogP contribution in [0.3, 0.4) is 0 Å². The molecular weight excluding hydrogens is 192 g/mol. The molecule has 0 atom stereocenters. The Hall–Kier alpha value is -1.52. The van der Waals surface area contributed by atoms with Crippen molar-refractivity contribution in [3.05, 3.63) is 5.69 Å². The summed E-state index contributed by atoms with van der Waals surface area (Å²) in [5.41, 5.74) is 6.93. The summed E-state index contributed by atoms with van der Waals surface area (Å²) in [6.07, 6.45) is 0.443. The van der Waals surface area contributed by atoms with Gasteiger partial charge in [0, 0.05) is 6.42 Å². The van der Waals surface area contributed by atoms with E-state index in [4.69, 9.17) is 5.73 Å². The van der Waals surface area contributed by atoms with Crippen LogP contribution in [0.5, 0.6) is 0 Å². The lowest BCUT2D eigenvalue weighted by Crippen LogP contribution is -2.20. The van der Waals surface area contributed by atoms with Gasteiger partial charge in [-0.25, -0.2) is 0 Å². The molecule has 1 heterocycles. The fourth-order valence-electron chi connectivity index (χ4n) is 1.19. The highest BCUT2D eigenvalue weighted by molar-refractivity contribution is 5.93. The van der Waals surface area contributed by atoms with E-state index in [0.29, 0.717) is 17.9 Å². The molecule has 84 valence electrons. The van der Waals surface area contributed by atoms with Crippen molar-refractivity contribution in [2.24, 2.45) is 5.41 Å². The summed E-state index contributed by atoms with van der Waals surface area (Å²) in [4.78, 5) is 11.6. The minimum atomic E-state index is -0.0688. The number of nitrogens with two attached hydrogens (primary N) is 1. The van der Waals surface area contributed by atoms with Crippen LogP contribution in [0.2, 0.25) is 0 Å². The SMILES string of the molecule is Cc1[nH]nc(NC(=O)CC(C)(C)C)c1N. The smallest absolute Gasteiger partial charge is 0.226 e. The van der Waals surface area contributed by atoms with Gasteiger partial charge < -0.3 is 11.1 Å². The molecule has 0 aliphatic carbocycles. The Labute approximate surface area is 89.4 Å². The number of carbonyl (C=O) groups is 1. The molecule has 0 unspecified atom stereocenters. The van der Waals surface area contributed by atoms with E-state index in [1.54, 1.807) is 0 Å². The molecule has 0 bridgehead atoms.